The maximum absolute atomic E-state index is 13.6. The molecule has 2 bridgehead atoms. The van der Waals surface area contributed by atoms with E-state index >= 15 is 0 Å². The van der Waals surface area contributed by atoms with Gasteiger partial charge >= 0.3 is 7.12 Å². The first-order chi connectivity index (χ1) is 18.7. The molecular formula is C34H48BNO3. The van der Waals surface area contributed by atoms with Crippen LogP contribution in [0.5, 0.6) is 0 Å². The molecule has 3 aliphatic carbocycles. The lowest BCUT2D eigenvalue weighted by atomic mass is 9.43. The van der Waals surface area contributed by atoms with Crippen LogP contribution in [0.1, 0.15) is 83.8 Å². The summed E-state index contributed by atoms with van der Waals surface area (Å²) >= 11 is 0. The quantitative estimate of drug-likeness (QED) is 0.223. The van der Waals surface area contributed by atoms with Gasteiger partial charge in [0.25, 0.3) is 0 Å². The van der Waals surface area contributed by atoms with E-state index in [1.165, 1.54) is 17.5 Å². The van der Waals surface area contributed by atoms with Gasteiger partial charge in [-0.25, -0.2) is 0 Å². The smallest absolute Gasteiger partial charge is 0.405 e. The molecule has 3 saturated carbocycles. The Hall–Kier alpha value is -1.95. The Morgan fingerprint density at radius 1 is 0.974 bits per heavy atom. The molecule has 39 heavy (non-hydrogen) atoms. The Labute approximate surface area is 236 Å². The second-order valence-corrected chi connectivity index (χ2v) is 13.4. The lowest BCUT2D eigenvalue weighted by molar-refractivity contribution is -0.199. The number of unbranched alkanes of at least 4 members (excludes halogenated alkanes) is 2. The molecule has 0 amide bonds. The molecule has 1 aliphatic heterocycles. The van der Waals surface area contributed by atoms with Crippen molar-refractivity contribution < 1.29 is 14.1 Å². The van der Waals surface area contributed by atoms with Crippen LogP contribution in [0.25, 0.3) is 0 Å². The summed E-state index contributed by atoms with van der Waals surface area (Å²) in [4.78, 5) is 13.6. The average molecular weight is 530 g/mol. The molecule has 4 nitrogen and oxygen atoms in total. The number of benzene rings is 2. The van der Waals surface area contributed by atoms with Gasteiger partial charge in [0, 0.05) is 12.2 Å². The van der Waals surface area contributed by atoms with E-state index in [0.29, 0.717) is 23.7 Å². The van der Waals surface area contributed by atoms with E-state index in [9.17, 15) is 4.79 Å². The third-order valence-electron chi connectivity index (χ3n) is 10.6. The Morgan fingerprint density at radius 3 is 2.23 bits per heavy atom. The zero-order valence-electron chi connectivity index (χ0n) is 24.5. The predicted octanol–water partition coefficient (Wildman–Crippen LogP) is 7.05. The number of carbonyl (C=O) groups excluding carboxylic acids is 1. The van der Waals surface area contributed by atoms with Crippen molar-refractivity contribution in [3.63, 3.8) is 0 Å². The van der Waals surface area contributed by atoms with Crippen LogP contribution in [0.15, 0.2) is 60.7 Å². The molecule has 4 aliphatic rings. The largest absolute Gasteiger partial charge is 0.461 e. The van der Waals surface area contributed by atoms with Crippen molar-refractivity contribution in [1.29, 1.82) is 0 Å². The molecular weight excluding hydrogens is 481 g/mol. The van der Waals surface area contributed by atoms with Crippen LogP contribution in [0.4, 0.5) is 0 Å². The Bertz CT molecular complexity index is 1090. The Kier molecular flexibility index (Phi) is 8.71. The van der Waals surface area contributed by atoms with E-state index in [-0.39, 0.29) is 36.3 Å². The highest BCUT2D eigenvalue weighted by Gasteiger charge is 2.68. The summed E-state index contributed by atoms with van der Waals surface area (Å²) in [5.41, 5.74) is 9.00. The Morgan fingerprint density at radius 2 is 1.62 bits per heavy atom. The zero-order chi connectivity index (χ0) is 27.6. The van der Waals surface area contributed by atoms with E-state index in [1.807, 2.05) is 0 Å². The van der Waals surface area contributed by atoms with E-state index < -0.39 is 6.04 Å². The number of rotatable bonds is 13. The van der Waals surface area contributed by atoms with Crippen LogP contribution in [0.3, 0.4) is 0 Å². The first kappa shape index (κ1) is 28.6. The number of carbonyl (C=O) groups is 1. The standard InChI is InChI=1S/C34H48BNO3/c1-5-6-9-18-29(36)30(37)21-26(19-24-14-10-7-11-15-24)28(20-25-16-12-8-13-17-25)35-38-32-23-27-22-31(33(27,2)3)34(32,4)39-35/h7-8,10-17,26-29,31-32H,5-6,9,18-23,36H2,1-4H3/t26-,27?,28+,29-,31?,32?,34+/m0/s1. The lowest BCUT2D eigenvalue weighted by Crippen LogP contribution is -2.65. The summed E-state index contributed by atoms with van der Waals surface area (Å²) in [5.74, 6) is 1.53. The van der Waals surface area contributed by atoms with Gasteiger partial charge < -0.3 is 15.0 Å². The molecule has 4 fully saturated rings. The van der Waals surface area contributed by atoms with Crippen LogP contribution in [0, 0.1) is 23.2 Å². The summed E-state index contributed by atoms with van der Waals surface area (Å²) in [6.45, 7) is 9.28. The fourth-order valence-electron chi connectivity index (χ4n) is 7.93. The number of ketones is 1. The average Bonchev–Trinajstić information content (AvgIpc) is 3.29. The minimum absolute atomic E-state index is 0.0575. The van der Waals surface area contributed by atoms with Crippen molar-refractivity contribution in [2.24, 2.45) is 28.9 Å². The molecule has 6 rings (SSSR count). The number of nitrogens with two attached hydrogens (primary N) is 1. The van der Waals surface area contributed by atoms with Crippen LogP contribution >= 0.6 is 0 Å². The maximum Gasteiger partial charge on any atom is 0.461 e. The molecule has 1 saturated heterocycles. The summed E-state index contributed by atoms with van der Waals surface area (Å²) < 4.78 is 13.9. The molecule has 0 aromatic heterocycles. The van der Waals surface area contributed by atoms with E-state index in [1.54, 1.807) is 0 Å². The predicted molar refractivity (Wildman–Crippen MR) is 159 cm³/mol. The second kappa shape index (κ2) is 11.9. The molecule has 3 unspecified atom stereocenters. The molecule has 7 atom stereocenters. The topological polar surface area (TPSA) is 61.6 Å². The van der Waals surface area contributed by atoms with E-state index in [0.717, 1.165) is 44.9 Å². The van der Waals surface area contributed by atoms with Crippen molar-refractivity contribution in [2.45, 2.75) is 109 Å². The highest BCUT2D eigenvalue weighted by Crippen LogP contribution is 2.66. The normalized spacial score (nSPS) is 29.3. The second-order valence-electron chi connectivity index (χ2n) is 13.4. The van der Waals surface area contributed by atoms with Gasteiger partial charge in [-0.15, -0.1) is 0 Å². The minimum Gasteiger partial charge on any atom is -0.405 e. The van der Waals surface area contributed by atoms with Gasteiger partial charge in [0.15, 0.2) is 0 Å². The highest BCUT2D eigenvalue weighted by atomic mass is 16.7. The molecule has 210 valence electrons. The molecule has 2 aromatic carbocycles. The van der Waals surface area contributed by atoms with Gasteiger partial charge in [-0.05, 0) is 73.3 Å². The maximum atomic E-state index is 13.6. The first-order valence-corrected chi connectivity index (χ1v) is 15.4. The monoisotopic (exact) mass is 529 g/mol. The molecule has 1 heterocycles. The first-order valence-electron chi connectivity index (χ1n) is 15.4. The molecule has 0 spiro atoms. The summed E-state index contributed by atoms with van der Waals surface area (Å²) in [5, 5.41) is 0. The minimum atomic E-state index is -0.397. The number of Topliss-reactive ketones (excluding diaryl/α,β-unsaturated/α-hetero) is 1. The van der Waals surface area contributed by atoms with Gasteiger partial charge in [0.05, 0.1) is 17.7 Å². The number of hydrogen-bond acceptors (Lipinski definition) is 4. The van der Waals surface area contributed by atoms with Crippen LogP contribution in [-0.2, 0) is 26.9 Å². The SMILES string of the molecule is CCCCC[C@H](N)C(=O)C[C@H](Cc1ccccc1)[C@@H](Cc1ccccc1)B1OC2CC3CC(C3(C)C)[C@@]2(C)O1. The van der Waals surface area contributed by atoms with Crippen molar-refractivity contribution >= 4 is 12.9 Å². The number of hydrogen-bond donors (Lipinski definition) is 1. The molecule has 5 heteroatoms. The van der Waals surface area contributed by atoms with Crippen molar-refractivity contribution in [3.05, 3.63) is 71.8 Å². The van der Waals surface area contributed by atoms with Gasteiger partial charge in [-0.2, -0.15) is 0 Å². The van der Waals surface area contributed by atoms with Crippen molar-refractivity contribution in [1.82, 2.24) is 0 Å². The highest BCUT2D eigenvalue weighted by molar-refractivity contribution is 6.47. The van der Waals surface area contributed by atoms with E-state index in [4.69, 9.17) is 15.0 Å². The third-order valence-corrected chi connectivity index (χ3v) is 10.6. The third kappa shape index (κ3) is 5.92. The fraction of sp³-hybridized carbons (Fsp3) is 0.618. The molecule has 0 radical (unpaired) electrons. The van der Waals surface area contributed by atoms with Gasteiger partial charge in [0.2, 0.25) is 0 Å². The molecule has 2 N–H and O–H groups in total. The van der Waals surface area contributed by atoms with Gasteiger partial charge in [-0.3, -0.25) is 4.79 Å². The van der Waals surface area contributed by atoms with Crippen LogP contribution in [-0.4, -0.2) is 30.6 Å². The van der Waals surface area contributed by atoms with Crippen molar-refractivity contribution in [3.8, 4) is 0 Å². The zero-order valence-corrected chi connectivity index (χ0v) is 24.5. The fourth-order valence-corrected chi connectivity index (χ4v) is 7.93. The summed E-state index contributed by atoms with van der Waals surface area (Å²) in [6.07, 6.45) is 8.55. The lowest BCUT2D eigenvalue weighted by Gasteiger charge is -2.64. The van der Waals surface area contributed by atoms with E-state index in [2.05, 4.69) is 88.4 Å². The van der Waals surface area contributed by atoms with Gasteiger partial charge in [0.1, 0.15) is 5.78 Å². The molecule has 2 aromatic rings. The van der Waals surface area contributed by atoms with Crippen LogP contribution in [0.2, 0.25) is 5.82 Å². The summed E-state index contributed by atoms with van der Waals surface area (Å²) in [6, 6.07) is 20.8. The van der Waals surface area contributed by atoms with Crippen LogP contribution < -0.4 is 5.73 Å². The van der Waals surface area contributed by atoms with Crippen molar-refractivity contribution in [2.75, 3.05) is 0 Å². The van der Waals surface area contributed by atoms with Gasteiger partial charge in [-0.1, -0.05) is 101 Å². The summed E-state index contributed by atoms with van der Waals surface area (Å²) in [7, 11) is -0.326. The Balaban J connectivity index is 1.43.